The van der Waals surface area contributed by atoms with Gasteiger partial charge in [0.1, 0.15) is 19.8 Å². The van der Waals surface area contributed by atoms with Gasteiger partial charge in [-0.3, -0.25) is 14.2 Å². The number of phosphoric ester groups is 1. The van der Waals surface area contributed by atoms with E-state index in [9.17, 15) is 19.0 Å². The number of likely N-dealkylation sites (N-methyl/N-ethyl adjacent to an activating group) is 1. The molecule has 0 aliphatic carbocycles. The van der Waals surface area contributed by atoms with Crippen LogP contribution in [0.25, 0.3) is 0 Å². The second-order valence-electron chi connectivity index (χ2n) is 25.6. The SMILES string of the molecule is CC/C=C\C/C=C\C/C=C\C/C=C\C/C=C\C/C=C\C/C=C\C/C=C\C/C=C\C/C=C\C/C=C\CCCCCCCC(=O)OC(COC(=O)CCCCCCCCCCCCCCCCCCCCCCCCCCCCC)COP(=O)([O-])OCC[N+](C)(C)C. The molecule has 0 saturated carbocycles. The summed E-state index contributed by atoms with van der Waals surface area (Å²) in [7, 11) is 1.15. The van der Waals surface area contributed by atoms with Crippen molar-refractivity contribution in [3.05, 3.63) is 134 Å². The van der Waals surface area contributed by atoms with Crippen molar-refractivity contribution in [2.24, 2.45) is 0 Å². The third-order valence-electron chi connectivity index (χ3n) is 15.7. The number of carbonyl (C=O) groups excluding carboxylic acids is 2. The number of hydrogen-bond acceptors (Lipinski definition) is 8. The molecular formula is C80H138NO8P. The Morgan fingerprint density at radius 3 is 0.944 bits per heavy atom. The fourth-order valence-corrected chi connectivity index (χ4v) is 10.8. The molecule has 10 heteroatoms. The maximum Gasteiger partial charge on any atom is 0.306 e. The zero-order chi connectivity index (χ0) is 65.5. The predicted octanol–water partition coefficient (Wildman–Crippen LogP) is 23.8. The molecule has 0 aromatic heterocycles. The number of allylic oxidation sites excluding steroid dienone is 22. The molecule has 0 aliphatic heterocycles. The van der Waals surface area contributed by atoms with E-state index in [0.29, 0.717) is 17.4 Å². The van der Waals surface area contributed by atoms with E-state index in [2.05, 4.69) is 148 Å². The minimum absolute atomic E-state index is 0.0399. The molecule has 0 aromatic carbocycles. The molecule has 90 heavy (non-hydrogen) atoms. The average Bonchev–Trinajstić information content (AvgIpc) is 3.58. The topological polar surface area (TPSA) is 111 Å². The van der Waals surface area contributed by atoms with Crippen LogP contribution < -0.4 is 4.89 Å². The Morgan fingerprint density at radius 2 is 0.633 bits per heavy atom. The molecule has 0 bridgehead atoms. The van der Waals surface area contributed by atoms with E-state index in [1.54, 1.807) is 0 Å². The van der Waals surface area contributed by atoms with Crippen molar-refractivity contribution >= 4 is 19.8 Å². The van der Waals surface area contributed by atoms with Crippen LogP contribution in [0.4, 0.5) is 0 Å². The summed E-state index contributed by atoms with van der Waals surface area (Å²) in [4.78, 5) is 38.1. The van der Waals surface area contributed by atoms with Gasteiger partial charge in [-0.15, -0.1) is 0 Å². The molecule has 0 spiro atoms. The molecule has 0 rings (SSSR count). The third-order valence-corrected chi connectivity index (χ3v) is 16.6. The Kier molecular flexibility index (Phi) is 66.5. The van der Waals surface area contributed by atoms with Crippen molar-refractivity contribution < 1.29 is 42.1 Å². The van der Waals surface area contributed by atoms with Crippen molar-refractivity contribution in [3.63, 3.8) is 0 Å². The van der Waals surface area contributed by atoms with Gasteiger partial charge in [-0.1, -0.05) is 334 Å². The Labute approximate surface area is 555 Å². The van der Waals surface area contributed by atoms with Gasteiger partial charge in [0.15, 0.2) is 6.10 Å². The standard InChI is InChI=1S/C80H138NO8P/c1-6-8-10-12-14-16-18-20-22-24-26-28-30-32-34-35-36-37-38-39-40-41-42-43-44-45-47-49-51-53-55-57-59-61-63-65-67-69-71-73-80(83)89-78(77-88-90(84,85)87-75-74-81(3,4)5)76-86-79(82)72-70-68-66-64-62-60-58-56-54-52-50-48-46-33-31-29-27-25-23-21-19-17-15-13-11-9-7-2/h8,10,14,16,20,22,26,28,32,34,36-37,39-40,42-43,45,47,51,53,57,59,78H,6-7,9,11-13,15,17-19,21,23-25,27,29-31,33,35,38,41,44,46,48-50,52,54-56,58,60-77H2,1-5H3/b10-8-,16-14-,22-20-,28-26-,34-32-,37-36-,40-39-,43-42-,47-45-,53-51-,59-57-. The Bertz CT molecular complexity index is 1980. The van der Waals surface area contributed by atoms with E-state index < -0.39 is 26.5 Å². The van der Waals surface area contributed by atoms with E-state index >= 15 is 0 Å². The molecular weight excluding hydrogens is 1130 g/mol. The van der Waals surface area contributed by atoms with Crippen molar-refractivity contribution in [1.82, 2.24) is 0 Å². The highest BCUT2D eigenvalue weighted by Gasteiger charge is 2.22. The van der Waals surface area contributed by atoms with Crippen LogP contribution in [-0.2, 0) is 32.7 Å². The fraction of sp³-hybridized carbons (Fsp3) is 0.700. The van der Waals surface area contributed by atoms with Gasteiger partial charge in [0.2, 0.25) is 0 Å². The second kappa shape index (κ2) is 69.5. The summed E-state index contributed by atoms with van der Waals surface area (Å²) < 4.78 is 34.3. The van der Waals surface area contributed by atoms with Crippen LogP contribution in [0.2, 0.25) is 0 Å². The van der Waals surface area contributed by atoms with Crippen LogP contribution in [0.5, 0.6) is 0 Å². The number of quaternary nitrogens is 1. The molecule has 2 atom stereocenters. The molecule has 0 amide bonds. The molecule has 0 heterocycles. The van der Waals surface area contributed by atoms with Gasteiger partial charge in [-0.25, -0.2) is 0 Å². The van der Waals surface area contributed by atoms with E-state index in [0.717, 1.165) is 122 Å². The molecule has 516 valence electrons. The Balaban J connectivity index is 4.12. The lowest BCUT2D eigenvalue weighted by Gasteiger charge is -2.28. The molecule has 9 nitrogen and oxygen atoms in total. The molecule has 0 fully saturated rings. The van der Waals surface area contributed by atoms with Crippen LogP contribution in [0.3, 0.4) is 0 Å². The summed E-state index contributed by atoms with van der Waals surface area (Å²) in [5.41, 5.74) is 0. The highest BCUT2D eigenvalue weighted by atomic mass is 31.2. The van der Waals surface area contributed by atoms with Crippen LogP contribution >= 0.6 is 7.82 Å². The van der Waals surface area contributed by atoms with Crippen molar-refractivity contribution in [2.45, 2.75) is 315 Å². The highest BCUT2D eigenvalue weighted by molar-refractivity contribution is 7.45. The van der Waals surface area contributed by atoms with Crippen LogP contribution in [0.1, 0.15) is 309 Å². The van der Waals surface area contributed by atoms with E-state index in [1.807, 2.05) is 21.1 Å². The number of nitrogens with zero attached hydrogens (tertiary/aromatic N) is 1. The zero-order valence-electron chi connectivity index (χ0n) is 58.8. The minimum Gasteiger partial charge on any atom is -0.756 e. The van der Waals surface area contributed by atoms with E-state index in [-0.39, 0.29) is 32.0 Å². The van der Waals surface area contributed by atoms with Gasteiger partial charge in [0.05, 0.1) is 27.7 Å². The number of unbranched alkanes of at least 4 members (excludes halogenated alkanes) is 31. The lowest BCUT2D eigenvalue weighted by Crippen LogP contribution is -2.37. The van der Waals surface area contributed by atoms with Crippen molar-refractivity contribution in [3.8, 4) is 0 Å². The summed E-state index contributed by atoms with van der Waals surface area (Å²) in [5, 5.41) is 0. The lowest BCUT2D eigenvalue weighted by molar-refractivity contribution is -0.870. The largest absolute Gasteiger partial charge is 0.756 e. The second-order valence-corrected chi connectivity index (χ2v) is 27.0. The number of phosphoric acid groups is 1. The first-order chi connectivity index (χ1) is 44.0. The van der Waals surface area contributed by atoms with E-state index in [4.69, 9.17) is 18.5 Å². The smallest absolute Gasteiger partial charge is 0.306 e. The predicted molar refractivity (Wildman–Crippen MR) is 388 cm³/mol. The lowest BCUT2D eigenvalue weighted by atomic mass is 10.0. The van der Waals surface area contributed by atoms with Gasteiger partial charge in [0, 0.05) is 12.8 Å². The Hall–Kier alpha value is -3.85. The third kappa shape index (κ3) is 73.2. The number of hydrogen-bond donors (Lipinski definition) is 0. The summed E-state index contributed by atoms with van der Waals surface area (Å²) in [6.07, 6.45) is 101. The molecule has 0 saturated heterocycles. The highest BCUT2D eigenvalue weighted by Crippen LogP contribution is 2.38. The summed E-state index contributed by atoms with van der Waals surface area (Å²) in [5.74, 6) is -0.852. The first-order valence-corrected chi connectivity index (χ1v) is 38.4. The maximum absolute atomic E-state index is 12.9. The van der Waals surface area contributed by atoms with Crippen molar-refractivity contribution in [1.29, 1.82) is 0 Å². The van der Waals surface area contributed by atoms with Crippen LogP contribution in [0.15, 0.2) is 134 Å². The average molecular weight is 1270 g/mol. The quantitative estimate of drug-likeness (QED) is 0.0195. The van der Waals surface area contributed by atoms with Gasteiger partial charge in [-0.05, 0) is 96.3 Å². The van der Waals surface area contributed by atoms with Gasteiger partial charge < -0.3 is 27.9 Å². The number of carbonyl (C=O) groups is 2. The number of ether oxygens (including phenoxy) is 2. The minimum atomic E-state index is -4.66. The first-order valence-electron chi connectivity index (χ1n) is 36.9. The van der Waals surface area contributed by atoms with Gasteiger partial charge in [-0.2, -0.15) is 0 Å². The molecule has 0 N–H and O–H groups in total. The normalized spacial score (nSPS) is 13.9. The monoisotopic (exact) mass is 1270 g/mol. The molecule has 0 aromatic rings. The maximum atomic E-state index is 12.9. The number of rotatable bonds is 67. The summed E-state index contributed by atoms with van der Waals surface area (Å²) in [6, 6.07) is 0. The molecule has 0 aliphatic rings. The number of esters is 2. The molecule has 0 radical (unpaired) electrons. The zero-order valence-corrected chi connectivity index (χ0v) is 59.7. The van der Waals surface area contributed by atoms with Crippen molar-refractivity contribution in [2.75, 3.05) is 47.5 Å². The first kappa shape index (κ1) is 86.2. The van der Waals surface area contributed by atoms with Gasteiger partial charge >= 0.3 is 11.9 Å². The van der Waals surface area contributed by atoms with Gasteiger partial charge in [0.25, 0.3) is 7.82 Å². The van der Waals surface area contributed by atoms with E-state index in [1.165, 1.54) is 154 Å². The van der Waals surface area contributed by atoms with Crippen LogP contribution in [-0.4, -0.2) is 70.0 Å². The molecule has 2 unspecified atom stereocenters. The fourth-order valence-electron chi connectivity index (χ4n) is 10.1. The summed E-state index contributed by atoms with van der Waals surface area (Å²) >= 11 is 0. The summed E-state index contributed by atoms with van der Waals surface area (Å²) in [6.45, 7) is 4.13. The van der Waals surface area contributed by atoms with Crippen LogP contribution in [0, 0.1) is 0 Å². The Morgan fingerprint density at radius 1 is 0.356 bits per heavy atom.